The van der Waals surface area contributed by atoms with E-state index in [0.29, 0.717) is 17.7 Å². The largest absolute Gasteiger partial charge is 0.398 e. The summed E-state index contributed by atoms with van der Waals surface area (Å²) in [6, 6.07) is 6.64. The maximum atomic E-state index is 12.7. The summed E-state index contributed by atoms with van der Waals surface area (Å²) in [5.74, 6) is 1.32. The van der Waals surface area contributed by atoms with Crippen molar-refractivity contribution in [2.45, 2.75) is 51.0 Å². The van der Waals surface area contributed by atoms with Crippen molar-refractivity contribution in [1.29, 1.82) is 5.41 Å². The minimum absolute atomic E-state index is 0.0508. The van der Waals surface area contributed by atoms with Gasteiger partial charge in [-0.05, 0) is 80.0 Å². The van der Waals surface area contributed by atoms with Crippen molar-refractivity contribution in [1.82, 2.24) is 9.80 Å². The smallest absolute Gasteiger partial charge is 0.223 e. The minimum Gasteiger partial charge on any atom is -0.398 e. The molecule has 7 atom stereocenters. The van der Waals surface area contributed by atoms with Crippen molar-refractivity contribution in [3.05, 3.63) is 29.3 Å². The van der Waals surface area contributed by atoms with Crippen LogP contribution < -0.4 is 17.2 Å². The maximum absolute atomic E-state index is 12.7. The van der Waals surface area contributed by atoms with E-state index in [1.54, 1.807) is 0 Å². The summed E-state index contributed by atoms with van der Waals surface area (Å²) in [6.07, 6.45) is 5.81. The van der Waals surface area contributed by atoms with E-state index in [-0.39, 0.29) is 29.7 Å². The van der Waals surface area contributed by atoms with Gasteiger partial charge in [0, 0.05) is 56.0 Å². The van der Waals surface area contributed by atoms with Gasteiger partial charge < -0.3 is 32.4 Å². The highest BCUT2D eigenvalue weighted by atomic mass is 16.1. The van der Waals surface area contributed by atoms with Crippen molar-refractivity contribution in [3.63, 3.8) is 0 Å². The highest BCUT2D eigenvalue weighted by molar-refractivity contribution is 5.95. The van der Waals surface area contributed by atoms with Crippen molar-refractivity contribution < 1.29 is 4.79 Å². The van der Waals surface area contributed by atoms with Gasteiger partial charge in [-0.25, -0.2) is 0 Å². The van der Waals surface area contributed by atoms with Crippen LogP contribution in [0.3, 0.4) is 0 Å². The zero-order valence-electron chi connectivity index (χ0n) is 21.8. The van der Waals surface area contributed by atoms with Gasteiger partial charge >= 0.3 is 0 Å². The highest BCUT2D eigenvalue weighted by Gasteiger charge is 2.62. The average Bonchev–Trinajstić information content (AvgIpc) is 2.86. The number of amidine groups is 1. The van der Waals surface area contributed by atoms with Crippen LogP contribution in [0.1, 0.15) is 49.7 Å². The number of piperazine rings is 1. The predicted octanol–water partition coefficient (Wildman–Crippen LogP) is 2.08. The Hall–Kier alpha value is -2.45. The Morgan fingerprint density at radius 2 is 1.92 bits per heavy atom. The van der Waals surface area contributed by atoms with Gasteiger partial charge in [0.15, 0.2) is 0 Å². The number of likely N-dealkylation sites (N-methyl/N-ethyl adjacent to an activating group) is 1. The number of nitrogen functional groups attached to an aromatic ring is 1. The van der Waals surface area contributed by atoms with E-state index in [2.05, 4.69) is 35.0 Å². The molecule has 5 fully saturated rings. The molecule has 5 aliphatic rings. The monoisotopic (exact) mass is 493 g/mol. The summed E-state index contributed by atoms with van der Waals surface area (Å²) in [7, 11) is 2.19. The van der Waals surface area contributed by atoms with Crippen molar-refractivity contribution in [3.8, 4) is 0 Å². The van der Waals surface area contributed by atoms with Gasteiger partial charge in [-0.15, -0.1) is 0 Å². The fourth-order valence-corrected chi connectivity index (χ4v) is 7.74. The van der Waals surface area contributed by atoms with Crippen LogP contribution in [0.4, 0.5) is 5.69 Å². The highest BCUT2D eigenvalue weighted by Crippen LogP contribution is 2.65. The number of nitrogens with one attached hydrogen (secondary N) is 1. The Labute approximate surface area is 215 Å². The number of amides is 1. The Morgan fingerprint density at radius 3 is 2.61 bits per heavy atom. The van der Waals surface area contributed by atoms with Crippen LogP contribution in [0.15, 0.2) is 23.2 Å². The zero-order valence-corrected chi connectivity index (χ0v) is 21.8. The van der Waals surface area contributed by atoms with Gasteiger partial charge in [-0.2, -0.15) is 0 Å². The quantitative estimate of drug-likeness (QED) is 0.250. The lowest BCUT2D eigenvalue weighted by Gasteiger charge is -2.61. The number of carbonyl (C=O) groups excluding carboxylic acids is 1. The van der Waals surface area contributed by atoms with Crippen molar-refractivity contribution in [2.75, 3.05) is 45.5 Å². The molecule has 0 spiro atoms. The van der Waals surface area contributed by atoms with Crippen LogP contribution in [0.5, 0.6) is 0 Å². The summed E-state index contributed by atoms with van der Waals surface area (Å²) in [4.78, 5) is 22.6. The van der Waals surface area contributed by atoms with Gasteiger partial charge in [0.2, 0.25) is 5.91 Å². The number of benzene rings is 1. The van der Waals surface area contributed by atoms with Crippen LogP contribution >= 0.6 is 0 Å². The minimum atomic E-state index is -0.420. The fourth-order valence-electron chi connectivity index (χ4n) is 7.74. The number of carbonyl (C=O) groups is 1. The molecule has 7 N–H and O–H groups in total. The standard InChI is InChI=1S/C28H43N7O/c1-17(16-29)26(31)33-25-20-12-19-13-28(14-20,27(32)36)15-22(25)24(19)21-11-18(3-4-23(21)30)5-6-35-9-7-34(2)8-10-35/h3-4,11,16-17,19-20,22,24-25,29H,5-10,12-15,30H2,1-2H3,(H2,31,33)(H2,32,36). The van der Waals surface area contributed by atoms with Gasteiger partial charge in [0.05, 0.1) is 6.04 Å². The van der Waals surface area contributed by atoms with Crippen LogP contribution in [-0.4, -0.2) is 73.6 Å². The number of rotatable bonds is 8. The summed E-state index contributed by atoms with van der Waals surface area (Å²) in [5, 5.41) is 7.62. The lowest BCUT2D eigenvalue weighted by Crippen LogP contribution is -2.60. The average molecular weight is 494 g/mol. The molecule has 4 bridgehead atoms. The molecule has 1 aromatic rings. The van der Waals surface area contributed by atoms with E-state index in [9.17, 15) is 4.79 Å². The van der Waals surface area contributed by atoms with Crippen LogP contribution in [0.2, 0.25) is 0 Å². The third-order valence-corrected chi connectivity index (χ3v) is 9.79. The number of primary amides is 1. The summed E-state index contributed by atoms with van der Waals surface area (Å²) < 4.78 is 0. The van der Waals surface area contributed by atoms with Crippen molar-refractivity contribution >= 4 is 23.6 Å². The number of hydrogen-bond donors (Lipinski definition) is 4. The fraction of sp³-hybridized carbons (Fsp3) is 0.679. The molecule has 1 saturated heterocycles. The van der Waals surface area contributed by atoms with E-state index in [4.69, 9.17) is 27.6 Å². The Kier molecular flexibility index (Phi) is 6.85. The normalized spacial score (nSPS) is 35.6. The second kappa shape index (κ2) is 9.78. The molecular weight excluding hydrogens is 450 g/mol. The number of anilines is 1. The Morgan fingerprint density at radius 1 is 1.19 bits per heavy atom. The van der Waals surface area contributed by atoms with E-state index in [1.807, 2.05) is 6.92 Å². The topological polar surface area (TPSA) is 138 Å². The first-order valence-corrected chi connectivity index (χ1v) is 13.6. The molecule has 0 radical (unpaired) electrons. The second-order valence-electron chi connectivity index (χ2n) is 12.1. The molecule has 36 heavy (non-hydrogen) atoms. The first kappa shape index (κ1) is 25.2. The van der Waals surface area contributed by atoms with Crippen LogP contribution in [-0.2, 0) is 11.2 Å². The lowest BCUT2D eigenvalue weighted by molar-refractivity contribution is -0.147. The number of nitrogens with two attached hydrogens (primary N) is 3. The molecule has 6 rings (SSSR count). The Balaban J connectivity index is 1.42. The van der Waals surface area contributed by atoms with Crippen molar-refractivity contribution in [2.24, 2.45) is 45.5 Å². The first-order chi connectivity index (χ1) is 17.2. The van der Waals surface area contributed by atoms with Gasteiger partial charge in [-0.1, -0.05) is 19.1 Å². The van der Waals surface area contributed by atoms with Crippen LogP contribution in [0, 0.1) is 34.5 Å². The first-order valence-electron chi connectivity index (χ1n) is 13.6. The molecule has 1 aromatic carbocycles. The molecule has 4 aliphatic carbocycles. The predicted molar refractivity (Wildman–Crippen MR) is 145 cm³/mol. The van der Waals surface area contributed by atoms with E-state index in [0.717, 1.165) is 70.5 Å². The molecule has 4 saturated carbocycles. The number of aliphatic imine (C=N–C) groups is 1. The van der Waals surface area contributed by atoms with Gasteiger partial charge in [0.1, 0.15) is 5.84 Å². The molecule has 196 valence electrons. The van der Waals surface area contributed by atoms with E-state index >= 15 is 0 Å². The molecule has 8 heteroatoms. The van der Waals surface area contributed by atoms with Gasteiger partial charge in [0.25, 0.3) is 0 Å². The number of nitrogens with zero attached hydrogens (tertiary/aromatic N) is 3. The third-order valence-electron chi connectivity index (χ3n) is 9.79. The summed E-state index contributed by atoms with van der Waals surface area (Å²) in [5.41, 5.74) is 21.9. The molecule has 1 heterocycles. The lowest BCUT2D eigenvalue weighted by atomic mass is 9.43. The maximum Gasteiger partial charge on any atom is 0.223 e. The van der Waals surface area contributed by atoms with Crippen LogP contribution in [0.25, 0.3) is 0 Å². The third kappa shape index (κ3) is 4.54. The molecule has 8 nitrogen and oxygen atoms in total. The second-order valence-corrected chi connectivity index (χ2v) is 12.1. The van der Waals surface area contributed by atoms with E-state index in [1.165, 1.54) is 17.3 Å². The SMILES string of the molecule is CC(C=N)C(N)=NC1C2CC3CC(C(N)=O)(C2)CC1C3c1cc(CCN2CCN(C)CC2)ccc1N. The molecule has 0 aromatic heterocycles. The zero-order chi connectivity index (χ0) is 25.6. The molecule has 7 unspecified atom stereocenters. The summed E-state index contributed by atoms with van der Waals surface area (Å²) >= 11 is 0. The molecular formula is C28H43N7O. The number of hydrogen-bond acceptors (Lipinski definition) is 6. The summed E-state index contributed by atoms with van der Waals surface area (Å²) in [6.45, 7) is 7.47. The van der Waals surface area contributed by atoms with E-state index < -0.39 is 5.41 Å². The Bertz CT molecular complexity index is 1030. The molecule has 1 aliphatic heterocycles. The van der Waals surface area contributed by atoms with Gasteiger partial charge in [-0.3, -0.25) is 9.79 Å². The molecule has 1 amide bonds.